The molecule has 0 bridgehead atoms. The van der Waals surface area contributed by atoms with Crippen LogP contribution in [-0.2, 0) is 6.42 Å². The van der Waals surface area contributed by atoms with Crippen molar-refractivity contribution in [2.24, 2.45) is 0 Å². The maximum absolute atomic E-state index is 4.55. The van der Waals surface area contributed by atoms with Crippen molar-refractivity contribution in [3.63, 3.8) is 0 Å². The molecule has 1 aromatic heterocycles. The third-order valence-corrected chi connectivity index (χ3v) is 2.32. The number of para-hydroxylation sites is 1. The molecule has 0 saturated carbocycles. The lowest BCUT2D eigenvalue weighted by Crippen LogP contribution is -2.04. The van der Waals surface area contributed by atoms with Gasteiger partial charge in [0.1, 0.15) is 0 Å². The second kappa shape index (κ2) is 5.29. The quantitative estimate of drug-likeness (QED) is 0.767. The highest BCUT2D eigenvalue weighted by molar-refractivity contribution is 5.78. The van der Waals surface area contributed by atoms with Gasteiger partial charge in [0, 0.05) is 5.39 Å². The summed E-state index contributed by atoms with van der Waals surface area (Å²) in [6.45, 7) is 0.730. The largest absolute Gasteiger partial charge is 0.309 e. The van der Waals surface area contributed by atoms with Gasteiger partial charge in [-0.1, -0.05) is 36.1 Å². The van der Waals surface area contributed by atoms with Gasteiger partial charge in [0.05, 0.1) is 24.2 Å². The maximum atomic E-state index is 4.55. The first-order chi connectivity index (χ1) is 7.90. The van der Waals surface area contributed by atoms with Crippen molar-refractivity contribution in [3.05, 3.63) is 42.1 Å². The van der Waals surface area contributed by atoms with E-state index in [1.165, 1.54) is 5.39 Å². The van der Waals surface area contributed by atoms with Crippen LogP contribution in [0.15, 0.2) is 36.4 Å². The molecular weight excluding hydrogens is 196 g/mol. The molecule has 0 spiro atoms. The van der Waals surface area contributed by atoms with Gasteiger partial charge in [-0.05, 0) is 19.2 Å². The monoisotopic (exact) mass is 210 g/mol. The highest BCUT2D eigenvalue weighted by Crippen LogP contribution is 2.11. The van der Waals surface area contributed by atoms with Crippen LogP contribution >= 0.6 is 0 Å². The van der Waals surface area contributed by atoms with Crippen molar-refractivity contribution in [1.29, 1.82) is 0 Å². The summed E-state index contributed by atoms with van der Waals surface area (Å²) in [5.74, 6) is 6.12. The van der Waals surface area contributed by atoms with E-state index in [0.717, 1.165) is 17.8 Å². The minimum Gasteiger partial charge on any atom is -0.309 e. The van der Waals surface area contributed by atoms with Crippen LogP contribution in [0.25, 0.3) is 10.9 Å². The summed E-state index contributed by atoms with van der Waals surface area (Å²) in [4.78, 5) is 4.55. The van der Waals surface area contributed by atoms with Crippen LogP contribution in [0.5, 0.6) is 0 Å². The molecule has 0 aliphatic rings. The molecule has 2 aromatic rings. The smallest absolute Gasteiger partial charge is 0.0705 e. The van der Waals surface area contributed by atoms with E-state index in [-0.39, 0.29) is 0 Å². The summed E-state index contributed by atoms with van der Waals surface area (Å²) in [7, 11) is 1.89. The fourth-order valence-electron chi connectivity index (χ4n) is 1.51. The zero-order chi connectivity index (χ0) is 11.2. The van der Waals surface area contributed by atoms with Gasteiger partial charge in [0.25, 0.3) is 0 Å². The first-order valence-electron chi connectivity index (χ1n) is 5.35. The van der Waals surface area contributed by atoms with E-state index >= 15 is 0 Å². The van der Waals surface area contributed by atoms with Gasteiger partial charge in [-0.2, -0.15) is 0 Å². The molecule has 0 amide bonds. The van der Waals surface area contributed by atoms with Crippen molar-refractivity contribution in [2.75, 3.05) is 13.6 Å². The molecule has 0 fully saturated rings. The van der Waals surface area contributed by atoms with Crippen LogP contribution in [0.3, 0.4) is 0 Å². The predicted molar refractivity (Wildman–Crippen MR) is 67.1 cm³/mol. The number of nitrogens with one attached hydrogen (secondary N) is 1. The van der Waals surface area contributed by atoms with E-state index in [4.69, 9.17) is 0 Å². The minimum atomic E-state index is 0.715. The topological polar surface area (TPSA) is 24.9 Å². The average Bonchev–Trinajstić information content (AvgIpc) is 2.34. The van der Waals surface area contributed by atoms with E-state index in [1.807, 2.05) is 31.3 Å². The lowest BCUT2D eigenvalue weighted by molar-refractivity contribution is 0.937. The van der Waals surface area contributed by atoms with Gasteiger partial charge in [-0.15, -0.1) is 0 Å². The van der Waals surface area contributed by atoms with Gasteiger partial charge in [-0.3, -0.25) is 4.98 Å². The molecule has 2 nitrogen and oxygen atoms in total. The van der Waals surface area contributed by atoms with Crippen molar-refractivity contribution in [1.82, 2.24) is 10.3 Å². The standard InChI is InChI=1S/C14H14N2/c1-15-11-5-4-7-13-10-9-12-6-2-3-8-14(12)16-13/h2-3,6,8-10,15H,7,11H2,1H3. The summed E-state index contributed by atoms with van der Waals surface area (Å²) < 4.78 is 0. The van der Waals surface area contributed by atoms with Crippen molar-refractivity contribution < 1.29 is 0 Å². The van der Waals surface area contributed by atoms with Gasteiger partial charge in [-0.25, -0.2) is 0 Å². The number of hydrogen-bond donors (Lipinski definition) is 1. The van der Waals surface area contributed by atoms with Gasteiger partial charge in [0.15, 0.2) is 0 Å². The minimum absolute atomic E-state index is 0.715. The average molecular weight is 210 g/mol. The van der Waals surface area contributed by atoms with E-state index in [9.17, 15) is 0 Å². The highest BCUT2D eigenvalue weighted by atomic mass is 14.8. The zero-order valence-corrected chi connectivity index (χ0v) is 9.33. The SMILES string of the molecule is CNCC#CCc1ccc2ccccc2n1. The van der Waals surface area contributed by atoms with Crippen LogP contribution in [0.4, 0.5) is 0 Å². The van der Waals surface area contributed by atoms with Crippen LogP contribution in [-0.4, -0.2) is 18.6 Å². The molecule has 0 saturated heterocycles. The van der Waals surface area contributed by atoms with E-state index in [0.29, 0.717) is 6.42 Å². The molecule has 0 aliphatic heterocycles. The summed E-state index contributed by atoms with van der Waals surface area (Å²) in [6.07, 6.45) is 0.715. The fraction of sp³-hybridized carbons (Fsp3) is 0.214. The lowest BCUT2D eigenvalue weighted by Gasteiger charge is -1.98. The Morgan fingerprint density at radius 1 is 1.12 bits per heavy atom. The first kappa shape index (κ1) is 10.7. The Labute approximate surface area is 95.7 Å². The third kappa shape index (κ3) is 2.59. The third-order valence-electron chi connectivity index (χ3n) is 2.32. The number of pyridine rings is 1. The van der Waals surface area contributed by atoms with Crippen molar-refractivity contribution in [3.8, 4) is 11.8 Å². The molecule has 0 radical (unpaired) electrons. The van der Waals surface area contributed by atoms with Crippen molar-refractivity contribution in [2.45, 2.75) is 6.42 Å². The molecule has 1 N–H and O–H groups in total. The molecule has 1 aromatic carbocycles. The fourth-order valence-corrected chi connectivity index (χ4v) is 1.51. The molecule has 2 heteroatoms. The lowest BCUT2D eigenvalue weighted by atomic mass is 10.2. The number of hydrogen-bond acceptors (Lipinski definition) is 2. The summed E-state index contributed by atoms with van der Waals surface area (Å²) in [6, 6.07) is 12.3. The van der Waals surface area contributed by atoms with Crippen LogP contribution in [0.2, 0.25) is 0 Å². The molecule has 80 valence electrons. The van der Waals surface area contributed by atoms with E-state index in [1.54, 1.807) is 0 Å². The molecule has 1 heterocycles. The molecule has 2 rings (SSSR count). The second-order valence-electron chi connectivity index (χ2n) is 3.56. The van der Waals surface area contributed by atoms with Gasteiger partial charge >= 0.3 is 0 Å². The Hall–Kier alpha value is -1.85. The highest BCUT2D eigenvalue weighted by Gasteiger charge is 1.95. The zero-order valence-electron chi connectivity index (χ0n) is 9.33. The summed E-state index contributed by atoms with van der Waals surface area (Å²) >= 11 is 0. The Morgan fingerprint density at radius 2 is 2.00 bits per heavy atom. The van der Waals surface area contributed by atoms with Crippen molar-refractivity contribution >= 4 is 10.9 Å². The maximum Gasteiger partial charge on any atom is 0.0705 e. The van der Waals surface area contributed by atoms with Crippen LogP contribution < -0.4 is 5.32 Å². The molecule has 0 aliphatic carbocycles. The number of benzene rings is 1. The normalized spacial score (nSPS) is 9.81. The van der Waals surface area contributed by atoms with Crippen LogP contribution in [0, 0.1) is 11.8 Å². The summed E-state index contributed by atoms with van der Waals surface area (Å²) in [5, 5.41) is 4.16. The molecule has 0 atom stereocenters. The van der Waals surface area contributed by atoms with Gasteiger partial charge in [0.2, 0.25) is 0 Å². The Balaban J connectivity index is 2.17. The molecular formula is C14H14N2. The Morgan fingerprint density at radius 3 is 2.88 bits per heavy atom. The van der Waals surface area contributed by atoms with Crippen LogP contribution in [0.1, 0.15) is 5.69 Å². The number of nitrogens with zero attached hydrogens (tertiary/aromatic N) is 1. The number of rotatable bonds is 2. The van der Waals surface area contributed by atoms with Gasteiger partial charge < -0.3 is 5.32 Å². The first-order valence-corrected chi connectivity index (χ1v) is 5.35. The molecule has 16 heavy (non-hydrogen) atoms. The number of aromatic nitrogens is 1. The summed E-state index contributed by atoms with van der Waals surface area (Å²) in [5.41, 5.74) is 2.07. The van der Waals surface area contributed by atoms with E-state index < -0.39 is 0 Å². The van der Waals surface area contributed by atoms with E-state index in [2.05, 4.69) is 34.3 Å². The second-order valence-corrected chi connectivity index (χ2v) is 3.56. The molecule has 0 unspecified atom stereocenters. The predicted octanol–water partition coefficient (Wildman–Crippen LogP) is 2.00. The Kier molecular flexibility index (Phi) is 3.53. The number of fused-ring (bicyclic) bond motifs is 1. The Bertz CT molecular complexity index is 535.